The number of methoxy groups -OCH3 is 1. The highest BCUT2D eigenvalue weighted by atomic mass is 35.5. The highest BCUT2D eigenvalue weighted by molar-refractivity contribution is 6.30. The van der Waals surface area contributed by atoms with Crippen molar-refractivity contribution in [1.29, 1.82) is 0 Å². The van der Waals surface area contributed by atoms with E-state index in [2.05, 4.69) is 0 Å². The SMILES string of the molecule is COC(CN)C(=O)N1CCCC1c1cccc(Cl)c1.Cl. The predicted octanol–water partition coefficient (Wildman–Crippen LogP) is 2.40. The van der Waals surface area contributed by atoms with Gasteiger partial charge in [0.2, 0.25) is 0 Å². The van der Waals surface area contributed by atoms with Gasteiger partial charge in [0.05, 0.1) is 6.04 Å². The molecule has 0 aromatic heterocycles. The Morgan fingerprint density at radius 1 is 1.60 bits per heavy atom. The van der Waals surface area contributed by atoms with Crippen molar-refractivity contribution >= 4 is 29.9 Å². The maximum atomic E-state index is 12.4. The van der Waals surface area contributed by atoms with Crippen LogP contribution in [0.5, 0.6) is 0 Å². The molecule has 0 saturated carbocycles. The normalized spacial score (nSPS) is 19.6. The molecule has 1 saturated heterocycles. The van der Waals surface area contributed by atoms with Gasteiger partial charge in [-0.3, -0.25) is 4.79 Å². The topological polar surface area (TPSA) is 55.6 Å². The number of rotatable bonds is 4. The van der Waals surface area contributed by atoms with Gasteiger partial charge in [-0.2, -0.15) is 0 Å². The number of carbonyl (C=O) groups is 1. The quantitative estimate of drug-likeness (QED) is 0.927. The zero-order valence-electron chi connectivity index (χ0n) is 11.4. The fourth-order valence-electron chi connectivity index (χ4n) is 2.57. The molecule has 1 aliphatic heterocycles. The smallest absolute Gasteiger partial charge is 0.253 e. The highest BCUT2D eigenvalue weighted by Gasteiger charge is 2.33. The summed E-state index contributed by atoms with van der Waals surface area (Å²) in [6, 6.07) is 7.75. The monoisotopic (exact) mass is 318 g/mol. The molecule has 1 aromatic carbocycles. The fraction of sp³-hybridized carbons (Fsp3) is 0.500. The van der Waals surface area contributed by atoms with Crippen LogP contribution in [-0.4, -0.2) is 37.1 Å². The van der Waals surface area contributed by atoms with Crippen LogP contribution in [0.4, 0.5) is 0 Å². The number of nitrogens with two attached hydrogens (primary N) is 1. The maximum Gasteiger partial charge on any atom is 0.253 e. The van der Waals surface area contributed by atoms with Crippen molar-refractivity contribution in [1.82, 2.24) is 4.90 Å². The minimum absolute atomic E-state index is 0. The third kappa shape index (κ3) is 3.64. The van der Waals surface area contributed by atoms with Crippen molar-refractivity contribution in [2.24, 2.45) is 5.73 Å². The molecule has 0 spiro atoms. The first-order chi connectivity index (χ1) is 9.17. The second-order valence-corrected chi connectivity index (χ2v) is 5.14. The third-order valence-corrected chi connectivity index (χ3v) is 3.78. The molecule has 1 aromatic rings. The van der Waals surface area contributed by atoms with Gasteiger partial charge in [-0.15, -0.1) is 12.4 Å². The Bertz CT molecular complexity index is 453. The van der Waals surface area contributed by atoms with Crippen molar-refractivity contribution in [3.8, 4) is 0 Å². The first-order valence-corrected chi connectivity index (χ1v) is 6.84. The van der Waals surface area contributed by atoms with Crippen LogP contribution in [0.3, 0.4) is 0 Å². The molecule has 2 N–H and O–H groups in total. The van der Waals surface area contributed by atoms with E-state index in [0.717, 1.165) is 24.9 Å². The van der Waals surface area contributed by atoms with Gasteiger partial charge in [0.1, 0.15) is 6.10 Å². The minimum atomic E-state index is -0.556. The fourth-order valence-corrected chi connectivity index (χ4v) is 2.77. The molecule has 0 aliphatic carbocycles. The van der Waals surface area contributed by atoms with Crippen LogP contribution in [0.2, 0.25) is 5.02 Å². The van der Waals surface area contributed by atoms with Gasteiger partial charge in [-0.25, -0.2) is 0 Å². The molecule has 6 heteroatoms. The molecule has 4 nitrogen and oxygen atoms in total. The molecule has 1 fully saturated rings. The lowest BCUT2D eigenvalue weighted by Gasteiger charge is -2.28. The average Bonchev–Trinajstić information content (AvgIpc) is 2.89. The van der Waals surface area contributed by atoms with Crippen LogP contribution >= 0.6 is 24.0 Å². The largest absolute Gasteiger partial charge is 0.370 e. The predicted molar refractivity (Wildman–Crippen MR) is 82.2 cm³/mol. The standard InChI is InChI=1S/C14H19ClN2O2.ClH/c1-19-13(9-16)14(18)17-7-3-6-12(17)10-4-2-5-11(15)8-10;/h2,4-5,8,12-13H,3,6-7,9,16H2,1H3;1H. The zero-order valence-corrected chi connectivity index (χ0v) is 13.0. The summed E-state index contributed by atoms with van der Waals surface area (Å²) in [5.41, 5.74) is 6.64. The highest BCUT2D eigenvalue weighted by Crippen LogP contribution is 2.33. The number of ether oxygens (including phenoxy) is 1. The molecule has 0 bridgehead atoms. The number of carbonyl (C=O) groups excluding carboxylic acids is 1. The van der Waals surface area contributed by atoms with E-state index in [4.69, 9.17) is 22.1 Å². The lowest BCUT2D eigenvalue weighted by molar-refractivity contribution is -0.142. The molecular formula is C14H20Cl2N2O2. The Balaban J connectivity index is 0.00000200. The van der Waals surface area contributed by atoms with Gasteiger partial charge in [0, 0.05) is 25.2 Å². The summed E-state index contributed by atoms with van der Waals surface area (Å²) in [4.78, 5) is 14.2. The van der Waals surface area contributed by atoms with Gasteiger partial charge in [0.25, 0.3) is 5.91 Å². The van der Waals surface area contributed by atoms with Crippen molar-refractivity contribution in [2.45, 2.75) is 25.0 Å². The summed E-state index contributed by atoms with van der Waals surface area (Å²) < 4.78 is 5.14. The lowest BCUT2D eigenvalue weighted by Crippen LogP contribution is -2.43. The number of amides is 1. The van der Waals surface area contributed by atoms with Crippen molar-refractivity contribution in [2.75, 3.05) is 20.2 Å². The van der Waals surface area contributed by atoms with Crippen LogP contribution in [-0.2, 0) is 9.53 Å². The van der Waals surface area contributed by atoms with E-state index in [0.29, 0.717) is 5.02 Å². The van der Waals surface area contributed by atoms with E-state index in [9.17, 15) is 4.79 Å². The summed E-state index contributed by atoms with van der Waals surface area (Å²) in [6.07, 6.45) is 1.39. The molecule has 20 heavy (non-hydrogen) atoms. The number of hydrogen-bond acceptors (Lipinski definition) is 3. The number of nitrogens with zero attached hydrogens (tertiary/aromatic N) is 1. The first kappa shape index (κ1) is 17.2. The van der Waals surface area contributed by atoms with Crippen LogP contribution < -0.4 is 5.73 Å². The summed E-state index contributed by atoms with van der Waals surface area (Å²) >= 11 is 6.02. The number of hydrogen-bond donors (Lipinski definition) is 1. The zero-order chi connectivity index (χ0) is 13.8. The Morgan fingerprint density at radius 2 is 2.35 bits per heavy atom. The second-order valence-electron chi connectivity index (χ2n) is 4.70. The molecule has 2 rings (SSSR count). The minimum Gasteiger partial charge on any atom is -0.370 e. The summed E-state index contributed by atoms with van der Waals surface area (Å²) in [5, 5.41) is 0.693. The number of halogens is 2. The Kier molecular flexibility index (Phi) is 6.76. The maximum absolute atomic E-state index is 12.4. The molecule has 1 aliphatic rings. The van der Waals surface area contributed by atoms with Gasteiger partial charge in [-0.1, -0.05) is 23.7 Å². The Hall–Kier alpha value is -0.810. The van der Waals surface area contributed by atoms with Gasteiger partial charge in [-0.05, 0) is 30.5 Å². The van der Waals surface area contributed by atoms with E-state index < -0.39 is 6.10 Å². The van der Waals surface area contributed by atoms with E-state index in [1.165, 1.54) is 7.11 Å². The van der Waals surface area contributed by atoms with Gasteiger partial charge in [0.15, 0.2) is 0 Å². The molecular weight excluding hydrogens is 299 g/mol. The van der Waals surface area contributed by atoms with Crippen molar-refractivity contribution < 1.29 is 9.53 Å². The van der Waals surface area contributed by atoms with Crippen LogP contribution in [0.25, 0.3) is 0 Å². The molecule has 0 radical (unpaired) electrons. The van der Waals surface area contributed by atoms with E-state index in [1.807, 2.05) is 29.2 Å². The molecule has 1 amide bonds. The molecule has 1 heterocycles. The summed E-state index contributed by atoms with van der Waals surface area (Å²) in [7, 11) is 1.51. The average molecular weight is 319 g/mol. The number of likely N-dealkylation sites (tertiary alicyclic amines) is 1. The number of benzene rings is 1. The van der Waals surface area contributed by atoms with E-state index in [-0.39, 0.29) is 30.9 Å². The Labute approximate surface area is 130 Å². The summed E-state index contributed by atoms with van der Waals surface area (Å²) in [5.74, 6) is -0.0347. The first-order valence-electron chi connectivity index (χ1n) is 6.46. The third-order valence-electron chi connectivity index (χ3n) is 3.54. The van der Waals surface area contributed by atoms with Crippen molar-refractivity contribution in [3.63, 3.8) is 0 Å². The van der Waals surface area contributed by atoms with E-state index >= 15 is 0 Å². The van der Waals surface area contributed by atoms with Crippen LogP contribution in [0.15, 0.2) is 24.3 Å². The molecule has 2 unspecified atom stereocenters. The molecule has 2 atom stereocenters. The Morgan fingerprint density at radius 3 is 2.95 bits per heavy atom. The van der Waals surface area contributed by atoms with Gasteiger partial charge >= 0.3 is 0 Å². The summed E-state index contributed by atoms with van der Waals surface area (Å²) in [6.45, 7) is 0.948. The van der Waals surface area contributed by atoms with Crippen molar-refractivity contribution in [3.05, 3.63) is 34.9 Å². The lowest BCUT2D eigenvalue weighted by atomic mass is 10.0. The molecule has 112 valence electrons. The van der Waals surface area contributed by atoms with E-state index in [1.54, 1.807) is 0 Å². The van der Waals surface area contributed by atoms with Crippen LogP contribution in [0.1, 0.15) is 24.4 Å². The van der Waals surface area contributed by atoms with Gasteiger partial charge < -0.3 is 15.4 Å². The second kappa shape index (κ2) is 7.84. The van der Waals surface area contributed by atoms with Crippen LogP contribution in [0, 0.1) is 0 Å².